The summed E-state index contributed by atoms with van der Waals surface area (Å²) in [6.45, 7) is 4.11. The second-order valence-corrected chi connectivity index (χ2v) is 9.02. The summed E-state index contributed by atoms with van der Waals surface area (Å²) >= 11 is 1.46. The summed E-state index contributed by atoms with van der Waals surface area (Å²) in [7, 11) is 0. The molecule has 33 heavy (non-hydrogen) atoms. The Morgan fingerprint density at radius 1 is 1.00 bits per heavy atom. The number of aromatic nitrogens is 1. The minimum Gasteiger partial charge on any atom is -0.484 e. The Bertz CT molecular complexity index is 1230. The molecule has 0 aliphatic carbocycles. The van der Waals surface area contributed by atoms with Gasteiger partial charge in [-0.1, -0.05) is 61.6 Å². The first-order chi connectivity index (χ1) is 15.9. The van der Waals surface area contributed by atoms with Crippen molar-refractivity contribution < 1.29 is 14.3 Å². The molecule has 6 nitrogen and oxygen atoms in total. The van der Waals surface area contributed by atoms with Crippen molar-refractivity contribution in [3.63, 3.8) is 0 Å². The predicted molar refractivity (Wildman–Crippen MR) is 132 cm³/mol. The van der Waals surface area contributed by atoms with Crippen LogP contribution < -0.4 is 15.4 Å². The van der Waals surface area contributed by atoms with Crippen molar-refractivity contribution >= 4 is 44.2 Å². The Morgan fingerprint density at radius 2 is 1.70 bits per heavy atom. The Hall–Kier alpha value is -3.71. The number of para-hydroxylation sites is 1. The number of carbonyl (C=O) groups is 2. The normalized spacial score (nSPS) is 11.0. The summed E-state index contributed by atoms with van der Waals surface area (Å²) in [6.07, 6.45) is 0.164. The van der Waals surface area contributed by atoms with Gasteiger partial charge in [0.15, 0.2) is 11.7 Å². The second kappa shape index (κ2) is 9.83. The quantitative estimate of drug-likeness (QED) is 0.393. The third-order valence-electron chi connectivity index (χ3n) is 5.21. The number of thiazole rings is 1. The second-order valence-electron chi connectivity index (χ2n) is 8.02. The molecule has 0 aliphatic rings. The van der Waals surface area contributed by atoms with Gasteiger partial charge in [-0.05, 0) is 53.4 Å². The molecule has 0 saturated carbocycles. The molecular formula is C26H25N3O3S. The monoisotopic (exact) mass is 459 g/mol. The number of fused-ring (bicyclic) bond motifs is 1. The fraction of sp³-hybridized carbons (Fsp3) is 0.192. The van der Waals surface area contributed by atoms with Crippen molar-refractivity contribution in [2.75, 3.05) is 11.5 Å². The lowest BCUT2D eigenvalue weighted by atomic mass is 10.0. The van der Waals surface area contributed by atoms with E-state index in [1.165, 1.54) is 16.9 Å². The largest absolute Gasteiger partial charge is 0.484 e. The van der Waals surface area contributed by atoms with Crippen molar-refractivity contribution in [2.24, 2.45) is 5.73 Å². The van der Waals surface area contributed by atoms with Gasteiger partial charge in [0, 0.05) is 0 Å². The van der Waals surface area contributed by atoms with E-state index in [0.717, 1.165) is 21.5 Å². The highest BCUT2D eigenvalue weighted by molar-refractivity contribution is 7.22. The van der Waals surface area contributed by atoms with Gasteiger partial charge in [-0.15, -0.1) is 0 Å². The maximum absolute atomic E-state index is 13.3. The van der Waals surface area contributed by atoms with Crippen molar-refractivity contribution in [3.8, 4) is 5.75 Å². The standard InChI is InChI=1S/C26H25N3O3S/c1-17(2)19-9-11-20(12-10-19)29(26-28-22-5-3-4-6-23(22)33-26)25(31)16-32-21-13-7-18(8-14-21)15-24(27)30/h3-14,17H,15-16H2,1-2H3,(H2,27,30). The summed E-state index contributed by atoms with van der Waals surface area (Å²) in [5, 5.41) is 0.596. The van der Waals surface area contributed by atoms with Crippen LogP contribution in [0.5, 0.6) is 5.75 Å². The van der Waals surface area contributed by atoms with Crippen LogP contribution in [0.15, 0.2) is 72.8 Å². The minimum atomic E-state index is -0.395. The highest BCUT2D eigenvalue weighted by Crippen LogP contribution is 2.34. The Labute approximate surface area is 196 Å². The molecule has 0 unspecified atom stereocenters. The first-order valence-corrected chi connectivity index (χ1v) is 11.5. The van der Waals surface area contributed by atoms with E-state index in [1.54, 1.807) is 29.2 Å². The molecule has 0 bridgehead atoms. The number of nitrogens with two attached hydrogens (primary N) is 1. The molecule has 1 aromatic heterocycles. The molecular weight excluding hydrogens is 434 g/mol. The van der Waals surface area contributed by atoms with Gasteiger partial charge in [0.25, 0.3) is 5.91 Å². The number of primary amides is 1. The van der Waals surface area contributed by atoms with Gasteiger partial charge in [-0.2, -0.15) is 0 Å². The van der Waals surface area contributed by atoms with E-state index in [4.69, 9.17) is 10.5 Å². The fourth-order valence-corrected chi connectivity index (χ4v) is 4.44. The molecule has 0 atom stereocenters. The highest BCUT2D eigenvalue weighted by Gasteiger charge is 2.22. The topological polar surface area (TPSA) is 85.5 Å². The molecule has 168 valence electrons. The van der Waals surface area contributed by atoms with Gasteiger partial charge in [-0.3, -0.25) is 14.5 Å². The Morgan fingerprint density at radius 3 is 2.33 bits per heavy atom. The summed E-state index contributed by atoms with van der Waals surface area (Å²) < 4.78 is 6.77. The summed E-state index contributed by atoms with van der Waals surface area (Å²) in [4.78, 5) is 30.7. The molecule has 4 rings (SSSR count). The molecule has 2 amide bonds. The molecule has 7 heteroatoms. The zero-order chi connectivity index (χ0) is 23.4. The van der Waals surface area contributed by atoms with E-state index < -0.39 is 5.91 Å². The number of carbonyl (C=O) groups excluding carboxylic acids is 2. The number of benzene rings is 3. The average Bonchev–Trinajstić information content (AvgIpc) is 3.22. The average molecular weight is 460 g/mol. The lowest BCUT2D eigenvalue weighted by molar-refractivity contribution is -0.120. The number of ether oxygens (including phenoxy) is 1. The van der Waals surface area contributed by atoms with Crippen LogP contribution in [0, 0.1) is 0 Å². The van der Waals surface area contributed by atoms with Crippen molar-refractivity contribution in [2.45, 2.75) is 26.2 Å². The van der Waals surface area contributed by atoms with Crippen LogP contribution in [0.4, 0.5) is 10.8 Å². The van der Waals surface area contributed by atoms with E-state index >= 15 is 0 Å². The zero-order valence-electron chi connectivity index (χ0n) is 18.5. The molecule has 1 heterocycles. The first kappa shape index (κ1) is 22.5. The summed E-state index contributed by atoms with van der Waals surface area (Å²) in [6, 6.07) is 22.7. The minimum absolute atomic E-state index is 0.156. The lowest BCUT2D eigenvalue weighted by Gasteiger charge is -2.21. The third-order valence-corrected chi connectivity index (χ3v) is 6.23. The van der Waals surface area contributed by atoms with Crippen LogP contribution in [0.25, 0.3) is 10.2 Å². The van der Waals surface area contributed by atoms with Crippen LogP contribution in [0.1, 0.15) is 30.9 Å². The molecule has 4 aromatic rings. The lowest BCUT2D eigenvalue weighted by Crippen LogP contribution is -2.30. The molecule has 0 saturated heterocycles. The van der Waals surface area contributed by atoms with Gasteiger partial charge < -0.3 is 10.5 Å². The number of amides is 2. The predicted octanol–water partition coefficient (Wildman–Crippen LogP) is 5.19. The van der Waals surface area contributed by atoms with Crippen molar-refractivity contribution in [1.82, 2.24) is 4.98 Å². The fourth-order valence-electron chi connectivity index (χ4n) is 3.44. The van der Waals surface area contributed by atoms with Gasteiger partial charge in [0.05, 0.1) is 22.3 Å². The summed E-state index contributed by atoms with van der Waals surface area (Å²) in [5.41, 5.74) is 8.81. The van der Waals surface area contributed by atoms with Gasteiger partial charge in [-0.25, -0.2) is 4.98 Å². The molecule has 3 aromatic carbocycles. The van der Waals surface area contributed by atoms with Crippen LogP contribution in [0.2, 0.25) is 0 Å². The maximum atomic E-state index is 13.3. The van der Waals surface area contributed by atoms with Crippen LogP contribution >= 0.6 is 11.3 Å². The van der Waals surface area contributed by atoms with Crippen LogP contribution in [-0.2, 0) is 16.0 Å². The number of anilines is 2. The van der Waals surface area contributed by atoms with E-state index in [1.807, 2.05) is 48.5 Å². The SMILES string of the molecule is CC(C)c1ccc(N(C(=O)COc2ccc(CC(N)=O)cc2)c2nc3ccccc3s2)cc1. The van der Waals surface area contributed by atoms with E-state index in [2.05, 4.69) is 18.8 Å². The smallest absolute Gasteiger partial charge is 0.271 e. The Balaban J connectivity index is 1.58. The zero-order valence-corrected chi connectivity index (χ0v) is 19.3. The maximum Gasteiger partial charge on any atom is 0.271 e. The first-order valence-electron chi connectivity index (χ1n) is 10.7. The van der Waals surface area contributed by atoms with E-state index in [9.17, 15) is 9.59 Å². The van der Waals surface area contributed by atoms with Gasteiger partial charge in [0.2, 0.25) is 5.91 Å². The Kier molecular flexibility index (Phi) is 6.70. The third kappa shape index (κ3) is 5.38. The summed E-state index contributed by atoms with van der Waals surface area (Å²) in [5.74, 6) is 0.309. The van der Waals surface area contributed by atoms with Crippen molar-refractivity contribution in [3.05, 3.63) is 83.9 Å². The number of nitrogens with zero attached hydrogens (tertiary/aromatic N) is 2. The van der Waals surface area contributed by atoms with Gasteiger partial charge in [0.1, 0.15) is 5.75 Å². The van der Waals surface area contributed by atoms with E-state index in [0.29, 0.717) is 16.8 Å². The molecule has 0 radical (unpaired) electrons. The highest BCUT2D eigenvalue weighted by atomic mass is 32.1. The van der Waals surface area contributed by atoms with Gasteiger partial charge >= 0.3 is 0 Å². The van der Waals surface area contributed by atoms with Crippen molar-refractivity contribution in [1.29, 1.82) is 0 Å². The molecule has 0 fully saturated rings. The van der Waals surface area contributed by atoms with Crippen LogP contribution in [0.3, 0.4) is 0 Å². The number of rotatable bonds is 8. The van der Waals surface area contributed by atoms with E-state index in [-0.39, 0.29) is 18.9 Å². The number of hydrogen-bond acceptors (Lipinski definition) is 5. The number of hydrogen-bond donors (Lipinski definition) is 1. The molecule has 0 aliphatic heterocycles. The molecule has 0 spiro atoms. The molecule has 2 N–H and O–H groups in total. The van der Waals surface area contributed by atoms with Crippen LogP contribution in [-0.4, -0.2) is 23.4 Å².